The third-order valence-electron chi connectivity index (χ3n) is 5.42. The van der Waals surface area contributed by atoms with E-state index in [2.05, 4.69) is 16.0 Å². The number of aliphatic hydroxyl groups excluding tert-OH is 1. The van der Waals surface area contributed by atoms with E-state index in [1.165, 1.54) is 0 Å². The van der Waals surface area contributed by atoms with E-state index in [1.54, 1.807) is 20.8 Å². The molecule has 0 aromatic rings. The summed E-state index contributed by atoms with van der Waals surface area (Å²) in [5, 5.41) is 25.6. The van der Waals surface area contributed by atoms with E-state index >= 15 is 0 Å². The van der Waals surface area contributed by atoms with Gasteiger partial charge in [0.05, 0.1) is 12.6 Å². The van der Waals surface area contributed by atoms with Crippen LogP contribution in [-0.4, -0.2) is 70.6 Å². The van der Waals surface area contributed by atoms with Gasteiger partial charge in [-0.25, -0.2) is 4.79 Å². The van der Waals surface area contributed by atoms with Gasteiger partial charge in [-0.3, -0.25) is 19.2 Å². The number of hydrogen-bond donors (Lipinski definition) is 7. The highest BCUT2D eigenvalue weighted by atomic mass is 16.4. The van der Waals surface area contributed by atoms with Crippen LogP contribution in [-0.2, 0) is 24.0 Å². The molecule has 0 radical (unpaired) electrons. The molecule has 4 amide bonds. The molecule has 0 aliphatic carbocycles. The van der Waals surface area contributed by atoms with Gasteiger partial charge < -0.3 is 37.6 Å². The first-order valence-electron chi connectivity index (χ1n) is 10.7. The standard InChI is InChI=1S/C20H37N5O7/c1-5-10(3)15(18(29)23-13(9-26)20(31)32)25-19(30)16(11(4)6-2)24-17(28)12(21)7-8-14(22)27/h10-13,15-16,26H,5-9,21H2,1-4H3,(H2,22,27)(H,23,29)(H,24,28)(H,25,30)(H,31,32). The van der Waals surface area contributed by atoms with Gasteiger partial charge in [0.1, 0.15) is 18.1 Å². The minimum Gasteiger partial charge on any atom is -0.480 e. The molecule has 12 heteroatoms. The highest BCUT2D eigenvalue weighted by Gasteiger charge is 2.34. The molecule has 0 saturated carbocycles. The van der Waals surface area contributed by atoms with E-state index in [0.717, 1.165) is 0 Å². The number of rotatable bonds is 15. The first kappa shape index (κ1) is 29.3. The van der Waals surface area contributed by atoms with E-state index in [0.29, 0.717) is 12.8 Å². The Morgan fingerprint density at radius 3 is 1.66 bits per heavy atom. The van der Waals surface area contributed by atoms with E-state index in [4.69, 9.17) is 21.7 Å². The van der Waals surface area contributed by atoms with Crippen LogP contribution in [0.3, 0.4) is 0 Å². The van der Waals surface area contributed by atoms with Crippen molar-refractivity contribution in [2.45, 2.75) is 77.5 Å². The molecule has 0 bridgehead atoms. The average molecular weight is 460 g/mol. The molecule has 0 spiro atoms. The lowest BCUT2D eigenvalue weighted by Crippen LogP contribution is -2.60. The maximum absolute atomic E-state index is 13.0. The van der Waals surface area contributed by atoms with E-state index in [9.17, 15) is 24.0 Å². The number of nitrogens with two attached hydrogens (primary N) is 2. The molecule has 0 aliphatic heterocycles. The largest absolute Gasteiger partial charge is 0.480 e. The van der Waals surface area contributed by atoms with Crippen molar-refractivity contribution in [3.05, 3.63) is 0 Å². The molecule has 0 heterocycles. The summed E-state index contributed by atoms with van der Waals surface area (Å²) in [4.78, 5) is 60.1. The third kappa shape index (κ3) is 9.60. The van der Waals surface area contributed by atoms with Gasteiger partial charge in [-0.1, -0.05) is 40.5 Å². The summed E-state index contributed by atoms with van der Waals surface area (Å²) in [5.74, 6) is -4.72. The second-order valence-electron chi connectivity index (χ2n) is 7.94. The molecule has 6 unspecified atom stereocenters. The Balaban J connectivity index is 5.49. The molecule has 32 heavy (non-hydrogen) atoms. The molecule has 0 saturated heterocycles. The van der Waals surface area contributed by atoms with Gasteiger partial charge in [-0.05, 0) is 18.3 Å². The second kappa shape index (κ2) is 14.4. The fourth-order valence-corrected chi connectivity index (χ4v) is 2.78. The van der Waals surface area contributed by atoms with Crippen molar-refractivity contribution >= 4 is 29.6 Å². The summed E-state index contributed by atoms with van der Waals surface area (Å²) in [6.45, 7) is 6.25. The Labute approximate surface area is 187 Å². The number of aliphatic carboxylic acids is 1. The molecule has 0 fully saturated rings. The number of carboxylic acids is 1. The predicted octanol–water partition coefficient (Wildman–Crippen LogP) is -1.80. The molecule has 0 aromatic carbocycles. The summed E-state index contributed by atoms with van der Waals surface area (Å²) in [5.41, 5.74) is 10.8. The van der Waals surface area contributed by atoms with Crippen LogP contribution in [0, 0.1) is 11.8 Å². The van der Waals surface area contributed by atoms with Gasteiger partial charge in [-0.15, -0.1) is 0 Å². The first-order valence-corrected chi connectivity index (χ1v) is 10.7. The number of aliphatic hydroxyl groups is 1. The van der Waals surface area contributed by atoms with Gasteiger partial charge in [0.15, 0.2) is 0 Å². The number of carbonyl (C=O) groups is 5. The van der Waals surface area contributed by atoms with Crippen LogP contribution in [0.1, 0.15) is 53.4 Å². The molecule has 184 valence electrons. The Kier molecular flexibility index (Phi) is 13.1. The molecule has 9 N–H and O–H groups in total. The van der Waals surface area contributed by atoms with Crippen molar-refractivity contribution < 1.29 is 34.2 Å². The van der Waals surface area contributed by atoms with Crippen molar-refractivity contribution in [2.24, 2.45) is 23.3 Å². The second-order valence-corrected chi connectivity index (χ2v) is 7.94. The molecular weight excluding hydrogens is 422 g/mol. The van der Waals surface area contributed by atoms with Crippen LogP contribution in [0.2, 0.25) is 0 Å². The lowest BCUT2D eigenvalue weighted by atomic mass is 9.94. The van der Waals surface area contributed by atoms with E-state index < -0.39 is 60.4 Å². The third-order valence-corrected chi connectivity index (χ3v) is 5.42. The van der Waals surface area contributed by atoms with Gasteiger partial charge >= 0.3 is 5.97 Å². The quantitative estimate of drug-likeness (QED) is 0.148. The van der Waals surface area contributed by atoms with Crippen molar-refractivity contribution in [3.63, 3.8) is 0 Å². The van der Waals surface area contributed by atoms with E-state index in [1.807, 2.05) is 6.92 Å². The van der Waals surface area contributed by atoms with Crippen molar-refractivity contribution in [2.75, 3.05) is 6.61 Å². The highest BCUT2D eigenvalue weighted by Crippen LogP contribution is 2.13. The van der Waals surface area contributed by atoms with Crippen LogP contribution in [0.5, 0.6) is 0 Å². The molecule has 0 aliphatic rings. The van der Waals surface area contributed by atoms with Crippen LogP contribution in [0.4, 0.5) is 0 Å². The zero-order valence-electron chi connectivity index (χ0n) is 19.1. The van der Waals surface area contributed by atoms with Gasteiger partial charge in [0.25, 0.3) is 0 Å². The monoisotopic (exact) mass is 459 g/mol. The highest BCUT2D eigenvalue weighted by molar-refractivity contribution is 5.94. The zero-order valence-corrected chi connectivity index (χ0v) is 19.1. The lowest BCUT2D eigenvalue weighted by molar-refractivity contribution is -0.143. The fourth-order valence-electron chi connectivity index (χ4n) is 2.78. The number of primary amides is 1. The average Bonchev–Trinajstić information content (AvgIpc) is 2.75. The maximum atomic E-state index is 13.0. The molecule has 12 nitrogen and oxygen atoms in total. The number of carboxylic acid groups (broad SMARTS) is 1. The topological polar surface area (TPSA) is 214 Å². The van der Waals surface area contributed by atoms with Gasteiger partial charge in [0, 0.05) is 6.42 Å². The summed E-state index contributed by atoms with van der Waals surface area (Å²) >= 11 is 0. The smallest absolute Gasteiger partial charge is 0.328 e. The van der Waals surface area contributed by atoms with Crippen LogP contribution in [0.15, 0.2) is 0 Å². The normalized spacial score (nSPS) is 16.6. The minimum absolute atomic E-state index is 0.0195. The summed E-state index contributed by atoms with van der Waals surface area (Å²) < 4.78 is 0. The van der Waals surface area contributed by atoms with Gasteiger partial charge in [-0.2, -0.15) is 0 Å². The van der Waals surface area contributed by atoms with Crippen molar-refractivity contribution in [1.82, 2.24) is 16.0 Å². The predicted molar refractivity (Wildman–Crippen MR) is 116 cm³/mol. The molecule has 0 aromatic heterocycles. The van der Waals surface area contributed by atoms with Crippen molar-refractivity contribution in [3.8, 4) is 0 Å². The summed E-state index contributed by atoms with van der Waals surface area (Å²) in [7, 11) is 0. The number of carbonyl (C=O) groups excluding carboxylic acids is 4. The first-order chi connectivity index (χ1) is 14.9. The van der Waals surface area contributed by atoms with Crippen LogP contribution < -0.4 is 27.4 Å². The number of amides is 4. The zero-order chi connectivity index (χ0) is 25.0. The Morgan fingerprint density at radius 1 is 0.844 bits per heavy atom. The van der Waals surface area contributed by atoms with Crippen LogP contribution in [0.25, 0.3) is 0 Å². The maximum Gasteiger partial charge on any atom is 0.328 e. The summed E-state index contributed by atoms with van der Waals surface area (Å²) in [6, 6.07) is -4.66. The Morgan fingerprint density at radius 2 is 1.28 bits per heavy atom. The Hall–Kier alpha value is -2.73. The lowest BCUT2D eigenvalue weighted by Gasteiger charge is -2.30. The summed E-state index contributed by atoms with van der Waals surface area (Å²) in [6.07, 6.45) is 0.959. The van der Waals surface area contributed by atoms with Crippen LogP contribution >= 0.6 is 0 Å². The number of nitrogens with one attached hydrogen (secondary N) is 3. The molecular formula is C20H37N5O7. The molecule has 0 rings (SSSR count). The fraction of sp³-hybridized carbons (Fsp3) is 0.750. The van der Waals surface area contributed by atoms with Crippen molar-refractivity contribution in [1.29, 1.82) is 0 Å². The molecule has 6 atom stereocenters. The van der Waals surface area contributed by atoms with E-state index in [-0.39, 0.29) is 24.7 Å². The Bertz CT molecular complexity index is 673. The SMILES string of the molecule is CCC(C)C(NC(=O)C(N)CCC(N)=O)C(=O)NC(C(=O)NC(CO)C(=O)O)C(C)CC. The number of hydrogen-bond acceptors (Lipinski definition) is 7. The van der Waals surface area contributed by atoms with Gasteiger partial charge in [0.2, 0.25) is 23.6 Å². The minimum atomic E-state index is -1.51.